The second-order valence-corrected chi connectivity index (χ2v) is 6.99. The summed E-state index contributed by atoms with van der Waals surface area (Å²) in [6.45, 7) is 2.92. The van der Waals surface area contributed by atoms with Crippen molar-refractivity contribution in [3.05, 3.63) is 35.4 Å². The summed E-state index contributed by atoms with van der Waals surface area (Å²) in [5.41, 5.74) is 1.81. The summed E-state index contributed by atoms with van der Waals surface area (Å²) in [7, 11) is 0. The Balaban J connectivity index is 1.60. The van der Waals surface area contributed by atoms with E-state index < -0.39 is 0 Å². The van der Waals surface area contributed by atoms with Gasteiger partial charge in [0.05, 0.1) is 6.04 Å². The Kier molecular flexibility index (Phi) is 5.51. The average Bonchev–Trinajstić information content (AvgIpc) is 3.12. The molecule has 1 aliphatic heterocycles. The van der Waals surface area contributed by atoms with E-state index in [1.54, 1.807) is 0 Å². The number of benzene rings is 1. The molecule has 1 aromatic carbocycles. The van der Waals surface area contributed by atoms with Gasteiger partial charge in [-0.2, -0.15) is 0 Å². The van der Waals surface area contributed by atoms with Crippen molar-refractivity contribution in [3.63, 3.8) is 0 Å². The molecule has 1 aromatic rings. The van der Waals surface area contributed by atoms with E-state index in [9.17, 15) is 9.59 Å². The Bertz CT molecular complexity index is 579. The van der Waals surface area contributed by atoms with E-state index in [4.69, 9.17) is 0 Å². The zero-order chi connectivity index (χ0) is 16.9. The van der Waals surface area contributed by atoms with Crippen molar-refractivity contribution < 1.29 is 9.59 Å². The lowest BCUT2D eigenvalue weighted by Gasteiger charge is -2.33. The Morgan fingerprint density at radius 3 is 2.25 bits per heavy atom. The molecule has 3 rings (SSSR count). The Hall–Kier alpha value is -1.88. The summed E-state index contributed by atoms with van der Waals surface area (Å²) in [5.74, 6) is 0.0223. The van der Waals surface area contributed by atoms with Crippen LogP contribution in [0.25, 0.3) is 0 Å². The molecule has 2 aliphatic rings. The first-order valence-corrected chi connectivity index (χ1v) is 9.05. The smallest absolute Gasteiger partial charge is 0.251 e. The SMILES string of the molecule is Cc1ccc(C(=O)N[C@H]2CCCC[C@@H]2NC(=O)[C@@H]2CCCN2)cc1. The molecule has 0 spiro atoms. The molecule has 0 aromatic heterocycles. The molecule has 2 fully saturated rings. The Morgan fingerprint density at radius 1 is 0.958 bits per heavy atom. The van der Waals surface area contributed by atoms with Crippen LogP contribution in [0.15, 0.2) is 24.3 Å². The second-order valence-electron chi connectivity index (χ2n) is 6.99. The number of rotatable bonds is 4. The first-order chi connectivity index (χ1) is 11.6. The van der Waals surface area contributed by atoms with Crippen molar-refractivity contribution in [1.29, 1.82) is 0 Å². The maximum Gasteiger partial charge on any atom is 0.251 e. The third kappa shape index (κ3) is 4.15. The quantitative estimate of drug-likeness (QED) is 0.790. The molecule has 3 N–H and O–H groups in total. The minimum Gasteiger partial charge on any atom is -0.350 e. The van der Waals surface area contributed by atoms with E-state index >= 15 is 0 Å². The number of aryl methyl sites for hydroxylation is 1. The number of nitrogens with one attached hydrogen (secondary N) is 3. The van der Waals surface area contributed by atoms with Crippen LogP contribution in [0, 0.1) is 6.92 Å². The molecule has 3 atom stereocenters. The average molecular weight is 329 g/mol. The molecular weight excluding hydrogens is 302 g/mol. The predicted molar refractivity (Wildman–Crippen MR) is 93.9 cm³/mol. The summed E-state index contributed by atoms with van der Waals surface area (Å²) >= 11 is 0. The van der Waals surface area contributed by atoms with Crippen LogP contribution in [-0.4, -0.2) is 36.5 Å². The zero-order valence-corrected chi connectivity index (χ0v) is 14.3. The van der Waals surface area contributed by atoms with Crippen molar-refractivity contribution >= 4 is 11.8 Å². The van der Waals surface area contributed by atoms with Gasteiger partial charge < -0.3 is 16.0 Å². The molecule has 5 heteroatoms. The standard InChI is InChI=1S/C19H27N3O2/c1-13-8-10-14(11-9-13)18(23)21-15-5-2-3-6-16(15)22-19(24)17-7-4-12-20-17/h8-11,15-17,20H,2-7,12H2,1H3,(H,21,23)(H,22,24)/t15-,16-,17-/m0/s1. The van der Waals surface area contributed by atoms with Crippen molar-refractivity contribution in [2.24, 2.45) is 0 Å². The Labute approximate surface area is 143 Å². The summed E-state index contributed by atoms with van der Waals surface area (Å²) in [6.07, 6.45) is 5.99. The van der Waals surface area contributed by atoms with Gasteiger partial charge in [-0.05, 0) is 51.3 Å². The van der Waals surface area contributed by atoms with Crippen molar-refractivity contribution in [1.82, 2.24) is 16.0 Å². The minimum atomic E-state index is -0.0691. The van der Waals surface area contributed by atoms with Gasteiger partial charge in [0.2, 0.25) is 5.91 Å². The highest BCUT2D eigenvalue weighted by molar-refractivity contribution is 5.94. The van der Waals surface area contributed by atoms with E-state index in [0.29, 0.717) is 5.56 Å². The zero-order valence-electron chi connectivity index (χ0n) is 14.3. The normalized spacial score (nSPS) is 26.8. The maximum atomic E-state index is 12.5. The third-order valence-electron chi connectivity index (χ3n) is 5.10. The van der Waals surface area contributed by atoms with Gasteiger partial charge in [-0.3, -0.25) is 9.59 Å². The molecule has 130 valence electrons. The van der Waals surface area contributed by atoms with Gasteiger partial charge in [0.1, 0.15) is 0 Å². The molecule has 2 amide bonds. The number of carbonyl (C=O) groups is 2. The first kappa shape index (κ1) is 17.0. The molecule has 1 saturated heterocycles. The molecule has 1 heterocycles. The van der Waals surface area contributed by atoms with Crippen LogP contribution in [-0.2, 0) is 4.79 Å². The predicted octanol–water partition coefficient (Wildman–Crippen LogP) is 1.90. The van der Waals surface area contributed by atoms with Gasteiger partial charge in [0.15, 0.2) is 0 Å². The fraction of sp³-hybridized carbons (Fsp3) is 0.579. The van der Waals surface area contributed by atoms with Crippen molar-refractivity contribution in [2.45, 2.75) is 63.6 Å². The van der Waals surface area contributed by atoms with E-state index in [1.165, 1.54) is 0 Å². The molecule has 5 nitrogen and oxygen atoms in total. The highest BCUT2D eigenvalue weighted by Gasteiger charge is 2.31. The lowest BCUT2D eigenvalue weighted by molar-refractivity contribution is -0.123. The number of hydrogen-bond donors (Lipinski definition) is 3. The molecule has 0 unspecified atom stereocenters. The minimum absolute atomic E-state index is 0.0120. The van der Waals surface area contributed by atoms with Gasteiger partial charge >= 0.3 is 0 Å². The molecule has 0 bridgehead atoms. The van der Waals surface area contributed by atoms with E-state index in [1.807, 2.05) is 31.2 Å². The maximum absolute atomic E-state index is 12.5. The molecular formula is C19H27N3O2. The summed E-state index contributed by atoms with van der Waals surface area (Å²) < 4.78 is 0. The van der Waals surface area contributed by atoms with Gasteiger partial charge in [0, 0.05) is 17.6 Å². The van der Waals surface area contributed by atoms with Gasteiger partial charge in [-0.15, -0.1) is 0 Å². The molecule has 0 radical (unpaired) electrons. The van der Waals surface area contributed by atoms with E-state index in [-0.39, 0.29) is 29.9 Å². The van der Waals surface area contributed by atoms with Crippen LogP contribution in [0.2, 0.25) is 0 Å². The topological polar surface area (TPSA) is 70.2 Å². The van der Waals surface area contributed by atoms with Crippen molar-refractivity contribution in [2.75, 3.05) is 6.54 Å². The van der Waals surface area contributed by atoms with Crippen LogP contribution in [0.5, 0.6) is 0 Å². The fourth-order valence-corrected chi connectivity index (χ4v) is 3.62. The lowest BCUT2D eigenvalue weighted by Crippen LogP contribution is -2.55. The number of hydrogen-bond acceptors (Lipinski definition) is 3. The van der Waals surface area contributed by atoms with Gasteiger partial charge in [-0.1, -0.05) is 30.5 Å². The first-order valence-electron chi connectivity index (χ1n) is 9.05. The van der Waals surface area contributed by atoms with Crippen LogP contribution in [0.1, 0.15) is 54.4 Å². The van der Waals surface area contributed by atoms with Crippen LogP contribution in [0.3, 0.4) is 0 Å². The van der Waals surface area contributed by atoms with E-state index in [0.717, 1.165) is 50.6 Å². The second kappa shape index (κ2) is 7.79. The molecule has 1 aliphatic carbocycles. The summed E-state index contributed by atoms with van der Waals surface area (Å²) in [6, 6.07) is 7.57. The van der Waals surface area contributed by atoms with Crippen LogP contribution < -0.4 is 16.0 Å². The fourth-order valence-electron chi connectivity index (χ4n) is 3.62. The lowest BCUT2D eigenvalue weighted by atomic mass is 9.89. The third-order valence-corrected chi connectivity index (χ3v) is 5.10. The Morgan fingerprint density at radius 2 is 1.62 bits per heavy atom. The molecule has 1 saturated carbocycles. The highest BCUT2D eigenvalue weighted by Crippen LogP contribution is 2.20. The summed E-state index contributed by atoms with van der Waals surface area (Å²) in [5, 5.41) is 9.52. The highest BCUT2D eigenvalue weighted by atomic mass is 16.2. The monoisotopic (exact) mass is 329 g/mol. The van der Waals surface area contributed by atoms with Gasteiger partial charge in [0.25, 0.3) is 5.91 Å². The van der Waals surface area contributed by atoms with Crippen LogP contribution in [0.4, 0.5) is 0 Å². The van der Waals surface area contributed by atoms with E-state index in [2.05, 4.69) is 16.0 Å². The van der Waals surface area contributed by atoms with Crippen molar-refractivity contribution in [3.8, 4) is 0 Å². The number of carbonyl (C=O) groups excluding carboxylic acids is 2. The largest absolute Gasteiger partial charge is 0.350 e. The molecule has 24 heavy (non-hydrogen) atoms. The summed E-state index contributed by atoms with van der Waals surface area (Å²) in [4.78, 5) is 24.8. The van der Waals surface area contributed by atoms with Crippen LogP contribution >= 0.6 is 0 Å². The number of amides is 2. The van der Waals surface area contributed by atoms with Gasteiger partial charge in [-0.25, -0.2) is 0 Å².